The highest BCUT2D eigenvalue weighted by atomic mass is 16.5. The van der Waals surface area contributed by atoms with E-state index in [0.717, 1.165) is 10.8 Å². The number of carbonyl (C=O) groups excluding carboxylic acids is 2. The van der Waals surface area contributed by atoms with Crippen molar-refractivity contribution >= 4 is 28.3 Å². The third kappa shape index (κ3) is 4.64. The summed E-state index contributed by atoms with van der Waals surface area (Å²) in [4.78, 5) is 24.0. The zero-order chi connectivity index (χ0) is 19.2. The Labute approximate surface area is 157 Å². The highest BCUT2D eigenvalue weighted by Crippen LogP contribution is 2.21. The molecule has 0 bridgehead atoms. The second kappa shape index (κ2) is 8.36. The predicted molar refractivity (Wildman–Crippen MR) is 105 cm³/mol. The maximum atomic E-state index is 12.4. The fourth-order valence-corrected chi connectivity index (χ4v) is 2.65. The van der Waals surface area contributed by atoms with Crippen LogP contribution in [-0.4, -0.2) is 24.6 Å². The summed E-state index contributed by atoms with van der Waals surface area (Å²) < 4.78 is 10.7. The predicted octanol–water partition coefficient (Wildman–Crippen LogP) is 4.42. The van der Waals surface area contributed by atoms with E-state index in [1.54, 1.807) is 38.1 Å². The van der Waals surface area contributed by atoms with Crippen molar-refractivity contribution in [1.29, 1.82) is 0 Å². The van der Waals surface area contributed by atoms with Crippen molar-refractivity contribution < 1.29 is 19.1 Å². The van der Waals surface area contributed by atoms with Crippen LogP contribution in [0.4, 0.5) is 5.69 Å². The SMILES string of the molecule is CCOC(=O)c1ccc(NC(=O)[C@H](C)Oc2ccc3ccccc3c2)cc1. The van der Waals surface area contributed by atoms with Crippen LogP contribution < -0.4 is 10.1 Å². The summed E-state index contributed by atoms with van der Waals surface area (Å²) in [5.41, 5.74) is 1.03. The molecule has 1 amide bonds. The van der Waals surface area contributed by atoms with Crippen LogP contribution in [0.25, 0.3) is 10.8 Å². The summed E-state index contributed by atoms with van der Waals surface area (Å²) in [7, 11) is 0. The summed E-state index contributed by atoms with van der Waals surface area (Å²) in [6.45, 7) is 3.77. The molecule has 1 N–H and O–H groups in total. The molecule has 3 rings (SSSR count). The van der Waals surface area contributed by atoms with Crippen LogP contribution in [0.15, 0.2) is 66.7 Å². The van der Waals surface area contributed by atoms with Crippen molar-refractivity contribution in [2.75, 3.05) is 11.9 Å². The van der Waals surface area contributed by atoms with Gasteiger partial charge >= 0.3 is 5.97 Å². The lowest BCUT2D eigenvalue weighted by atomic mass is 10.1. The molecule has 0 saturated carbocycles. The van der Waals surface area contributed by atoms with Gasteiger partial charge in [0.25, 0.3) is 5.91 Å². The number of nitrogens with one attached hydrogen (secondary N) is 1. The van der Waals surface area contributed by atoms with Crippen LogP contribution in [0, 0.1) is 0 Å². The Bertz CT molecular complexity index is 950. The number of anilines is 1. The van der Waals surface area contributed by atoms with Crippen LogP contribution in [-0.2, 0) is 9.53 Å². The van der Waals surface area contributed by atoms with E-state index in [4.69, 9.17) is 9.47 Å². The Hall–Kier alpha value is -3.34. The number of ether oxygens (including phenoxy) is 2. The summed E-state index contributed by atoms with van der Waals surface area (Å²) in [5.74, 6) is -0.0237. The van der Waals surface area contributed by atoms with Crippen LogP contribution in [0.3, 0.4) is 0 Å². The van der Waals surface area contributed by atoms with Crippen LogP contribution in [0.2, 0.25) is 0 Å². The molecular weight excluding hydrogens is 342 g/mol. The molecule has 27 heavy (non-hydrogen) atoms. The molecule has 0 saturated heterocycles. The summed E-state index contributed by atoms with van der Waals surface area (Å²) in [5, 5.41) is 4.95. The summed E-state index contributed by atoms with van der Waals surface area (Å²) >= 11 is 0. The maximum absolute atomic E-state index is 12.4. The first kappa shape index (κ1) is 18.5. The lowest BCUT2D eigenvalue weighted by Crippen LogP contribution is -2.30. The van der Waals surface area contributed by atoms with E-state index in [2.05, 4.69) is 5.32 Å². The quantitative estimate of drug-likeness (QED) is 0.658. The number of hydrogen-bond donors (Lipinski definition) is 1. The topological polar surface area (TPSA) is 64.6 Å². The third-order valence-corrected chi connectivity index (χ3v) is 4.07. The average Bonchev–Trinajstić information content (AvgIpc) is 2.68. The molecule has 0 aliphatic carbocycles. The molecule has 0 fully saturated rings. The summed E-state index contributed by atoms with van der Waals surface area (Å²) in [6.07, 6.45) is -0.670. The van der Waals surface area contributed by atoms with Gasteiger partial charge in [-0.1, -0.05) is 30.3 Å². The Morgan fingerprint density at radius 3 is 2.37 bits per heavy atom. The van der Waals surface area contributed by atoms with Crippen molar-refractivity contribution in [2.24, 2.45) is 0 Å². The molecule has 0 aromatic heterocycles. The van der Waals surface area contributed by atoms with Gasteiger partial charge in [0, 0.05) is 5.69 Å². The number of fused-ring (bicyclic) bond motifs is 1. The minimum atomic E-state index is -0.670. The minimum absolute atomic E-state index is 0.271. The third-order valence-electron chi connectivity index (χ3n) is 4.07. The molecule has 0 unspecified atom stereocenters. The van der Waals surface area contributed by atoms with E-state index < -0.39 is 6.10 Å². The van der Waals surface area contributed by atoms with Gasteiger partial charge in [0.2, 0.25) is 0 Å². The standard InChI is InChI=1S/C22H21NO4/c1-3-26-22(25)17-8-11-19(12-9-17)23-21(24)15(2)27-20-13-10-16-6-4-5-7-18(16)14-20/h4-15H,3H2,1-2H3,(H,23,24)/t15-/m0/s1. The van der Waals surface area contributed by atoms with Gasteiger partial charge in [-0.3, -0.25) is 4.79 Å². The minimum Gasteiger partial charge on any atom is -0.481 e. The van der Waals surface area contributed by atoms with Crippen LogP contribution >= 0.6 is 0 Å². The first-order valence-corrected chi connectivity index (χ1v) is 8.80. The van der Waals surface area contributed by atoms with Crippen LogP contribution in [0.1, 0.15) is 24.2 Å². The molecule has 0 spiro atoms. The van der Waals surface area contributed by atoms with Gasteiger partial charge in [-0.2, -0.15) is 0 Å². The number of benzene rings is 3. The number of rotatable bonds is 6. The Morgan fingerprint density at radius 2 is 1.67 bits per heavy atom. The molecule has 0 heterocycles. The normalized spacial score (nSPS) is 11.6. The van der Waals surface area contributed by atoms with Gasteiger partial charge in [0.1, 0.15) is 5.75 Å². The second-order valence-electron chi connectivity index (χ2n) is 6.06. The first-order chi connectivity index (χ1) is 13.1. The van der Waals surface area contributed by atoms with Gasteiger partial charge in [-0.05, 0) is 61.0 Å². The van der Waals surface area contributed by atoms with Crippen molar-refractivity contribution in [3.05, 3.63) is 72.3 Å². The number of amides is 1. The molecule has 1 atom stereocenters. The Kier molecular flexibility index (Phi) is 5.71. The number of carbonyl (C=O) groups is 2. The fraction of sp³-hybridized carbons (Fsp3) is 0.182. The van der Waals surface area contributed by atoms with Gasteiger partial charge in [0.05, 0.1) is 12.2 Å². The molecule has 0 aliphatic heterocycles. The average molecular weight is 363 g/mol. The maximum Gasteiger partial charge on any atom is 0.338 e. The number of hydrogen-bond acceptors (Lipinski definition) is 4. The first-order valence-electron chi connectivity index (χ1n) is 8.80. The number of esters is 1. The lowest BCUT2D eigenvalue weighted by Gasteiger charge is -2.15. The lowest BCUT2D eigenvalue weighted by molar-refractivity contribution is -0.122. The molecule has 3 aromatic carbocycles. The molecular formula is C22H21NO4. The van der Waals surface area contributed by atoms with E-state index in [0.29, 0.717) is 23.6 Å². The van der Waals surface area contributed by atoms with E-state index in [9.17, 15) is 9.59 Å². The molecule has 5 nitrogen and oxygen atoms in total. The van der Waals surface area contributed by atoms with Crippen molar-refractivity contribution in [2.45, 2.75) is 20.0 Å². The van der Waals surface area contributed by atoms with E-state index in [1.807, 2.05) is 42.5 Å². The molecule has 0 radical (unpaired) electrons. The second-order valence-corrected chi connectivity index (χ2v) is 6.06. The largest absolute Gasteiger partial charge is 0.481 e. The monoisotopic (exact) mass is 363 g/mol. The molecule has 5 heteroatoms. The van der Waals surface area contributed by atoms with Gasteiger partial charge in [0.15, 0.2) is 6.10 Å². The van der Waals surface area contributed by atoms with E-state index >= 15 is 0 Å². The Balaban J connectivity index is 1.62. The highest BCUT2D eigenvalue weighted by molar-refractivity contribution is 5.95. The molecule has 138 valence electrons. The van der Waals surface area contributed by atoms with E-state index in [-0.39, 0.29) is 11.9 Å². The Morgan fingerprint density at radius 1 is 0.963 bits per heavy atom. The molecule has 0 aliphatic rings. The van der Waals surface area contributed by atoms with Crippen LogP contribution in [0.5, 0.6) is 5.75 Å². The van der Waals surface area contributed by atoms with Crippen molar-refractivity contribution in [1.82, 2.24) is 0 Å². The van der Waals surface area contributed by atoms with Gasteiger partial charge < -0.3 is 14.8 Å². The zero-order valence-corrected chi connectivity index (χ0v) is 15.3. The van der Waals surface area contributed by atoms with Gasteiger partial charge in [-0.25, -0.2) is 4.79 Å². The fourth-order valence-electron chi connectivity index (χ4n) is 2.65. The zero-order valence-electron chi connectivity index (χ0n) is 15.3. The molecule has 3 aromatic rings. The highest BCUT2D eigenvalue weighted by Gasteiger charge is 2.15. The van der Waals surface area contributed by atoms with Crippen molar-refractivity contribution in [3.8, 4) is 5.75 Å². The smallest absolute Gasteiger partial charge is 0.338 e. The van der Waals surface area contributed by atoms with Crippen molar-refractivity contribution in [3.63, 3.8) is 0 Å². The summed E-state index contributed by atoms with van der Waals surface area (Å²) in [6, 6.07) is 20.2. The van der Waals surface area contributed by atoms with E-state index in [1.165, 1.54) is 0 Å². The van der Waals surface area contributed by atoms with Gasteiger partial charge in [-0.15, -0.1) is 0 Å².